The molecule has 0 saturated carbocycles. The predicted octanol–water partition coefficient (Wildman–Crippen LogP) is 0.0121. The van der Waals surface area contributed by atoms with E-state index in [9.17, 15) is 15.0 Å². The van der Waals surface area contributed by atoms with Crippen LogP contribution in [0.15, 0.2) is 11.6 Å². The van der Waals surface area contributed by atoms with Crippen LogP contribution in [0.3, 0.4) is 0 Å². The number of carbonyl (C=O) groups is 1. The summed E-state index contributed by atoms with van der Waals surface area (Å²) < 4.78 is 0. The van der Waals surface area contributed by atoms with Crippen molar-refractivity contribution in [1.29, 1.82) is 0 Å². The standard InChI is InChI=1S/C7H9NO4S/c9-4(3-5(10)11)6(12)7-8-1-2-13-7/h1-2,4,6,9,12H,3H2,(H,10,11). The highest BCUT2D eigenvalue weighted by molar-refractivity contribution is 7.09. The van der Waals surface area contributed by atoms with Crippen LogP contribution >= 0.6 is 11.3 Å². The lowest BCUT2D eigenvalue weighted by molar-refractivity contribution is -0.141. The molecule has 0 aliphatic heterocycles. The maximum atomic E-state index is 10.2. The van der Waals surface area contributed by atoms with E-state index in [1.54, 1.807) is 5.38 Å². The zero-order valence-corrected chi connectivity index (χ0v) is 7.44. The first-order valence-electron chi connectivity index (χ1n) is 3.58. The number of aliphatic hydroxyl groups is 2. The lowest BCUT2D eigenvalue weighted by Gasteiger charge is -2.12. The Morgan fingerprint density at radius 2 is 2.31 bits per heavy atom. The molecular weight excluding hydrogens is 194 g/mol. The van der Waals surface area contributed by atoms with Gasteiger partial charge in [0.15, 0.2) is 0 Å². The minimum Gasteiger partial charge on any atom is -0.481 e. The summed E-state index contributed by atoms with van der Waals surface area (Å²) in [7, 11) is 0. The smallest absolute Gasteiger partial charge is 0.306 e. The summed E-state index contributed by atoms with van der Waals surface area (Å²) >= 11 is 1.17. The second-order valence-electron chi connectivity index (χ2n) is 2.48. The van der Waals surface area contributed by atoms with Crippen molar-refractivity contribution in [2.45, 2.75) is 18.6 Å². The molecule has 0 saturated heterocycles. The molecule has 6 heteroatoms. The molecule has 0 amide bonds. The minimum absolute atomic E-state index is 0.328. The monoisotopic (exact) mass is 203 g/mol. The number of thiazole rings is 1. The van der Waals surface area contributed by atoms with E-state index in [2.05, 4.69) is 4.98 Å². The number of aliphatic hydroxyl groups excluding tert-OH is 2. The summed E-state index contributed by atoms with van der Waals surface area (Å²) in [5, 5.41) is 28.9. The number of carboxylic acids is 1. The fourth-order valence-corrected chi connectivity index (χ4v) is 1.52. The van der Waals surface area contributed by atoms with Crippen LogP contribution in [-0.2, 0) is 4.79 Å². The van der Waals surface area contributed by atoms with Crippen LogP contribution in [0.5, 0.6) is 0 Å². The second-order valence-corrected chi connectivity index (χ2v) is 3.41. The Balaban J connectivity index is 2.57. The Morgan fingerprint density at radius 1 is 1.62 bits per heavy atom. The van der Waals surface area contributed by atoms with Gasteiger partial charge in [0.05, 0.1) is 12.5 Å². The van der Waals surface area contributed by atoms with E-state index >= 15 is 0 Å². The Hall–Kier alpha value is -0.980. The van der Waals surface area contributed by atoms with Crippen molar-refractivity contribution in [3.63, 3.8) is 0 Å². The van der Waals surface area contributed by atoms with Gasteiger partial charge in [-0.2, -0.15) is 0 Å². The van der Waals surface area contributed by atoms with E-state index < -0.39 is 24.6 Å². The van der Waals surface area contributed by atoms with Gasteiger partial charge in [-0.15, -0.1) is 11.3 Å². The van der Waals surface area contributed by atoms with Gasteiger partial charge in [0.25, 0.3) is 0 Å². The topological polar surface area (TPSA) is 90.7 Å². The third-order valence-electron chi connectivity index (χ3n) is 1.45. The number of nitrogens with zero attached hydrogens (tertiary/aromatic N) is 1. The lowest BCUT2D eigenvalue weighted by atomic mass is 10.1. The minimum atomic E-state index is -1.30. The maximum absolute atomic E-state index is 10.2. The molecule has 1 aromatic rings. The highest BCUT2D eigenvalue weighted by Gasteiger charge is 2.22. The van der Waals surface area contributed by atoms with E-state index in [0.717, 1.165) is 0 Å². The van der Waals surface area contributed by atoms with Gasteiger partial charge in [-0.05, 0) is 0 Å². The average Bonchev–Trinajstić information content (AvgIpc) is 2.53. The zero-order chi connectivity index (χ0) is 9.84. The molecule has 72 valence electrons. The number of aliphatic carboxylic acids is 1. The van der Waals surface area contributed by atoms with E-state index in [0.29, 0.717) is 5.01 Å². The fraction of sp³-hybridized carbons (Fsp3) is 0.429. The van der Waals surface area contributed by atoms with Crippen molar-refractivity contribution in [3.8, 4) is 0 Å². The molecule has 0 aromatic carbocycles. The molecule has 0 radical (unpaired) electrons. The van der Waals surface area contributed by atoms with Crippen molar-refractivity contribution in [2.75, 3.05) is 0 Å². The maximum Gasteiger partial charge on any atom is 0.306 e. The van der Waals surface area contributed by atoms with Crippen molar-refractivity contribution < 1.29 is 20.1 Å². The van der Waals surface area contributed by atoms with Gasteiger partial charge in [0.1, 0.15) is 11.1 Å². The molecule has 0 spiro atoms. The molecule has 13 heavy (non-hydrogen) atoms. The number of carboxylic acid groups (broad SMARTS) is 1. The first-order valence-corrected chi connectivity index (χ1v) is 4.46. The molecule has 0 aliphatic carbocycles. The molecular formula is C7H9NO4S. The molecule has 0 aliphatic rings. The molecule has 0 bridgehead atoms. The van der Waals surface area contributed by atoms with Gasteiger partial charge >= 0.3 is 5.97 Å². The third-order valence-corrected chi connectivity index (χ3v) is 2.30. The Kier molecular flexibility index (Phi) is 3.35. The van der Waals surface area contributed by atoms with Gasteiger partial charge in [-0.1, -0.05) is 0 Å². The van der Waals surface area contributed by atoms with Crippen molar-refractivity contribution >= 4 is 17.3 Å². The molecule has 2 unspecified atom stereocenters. The summed E-state index contributed by atoms with van der Waals surface area (Å²) in [5.41, 5.74) is 0. The normalized spacial score (nSPS) is 15.2. The molecule has 0 fully saturated rings. The number of hydrogen-bond donors (Lipinski definition) is 3. The van der Waals surface area contributed by atoms with Gasteiger partial charge in [0.2, 0.25) is 0 Å². The molecule has 1 heterocycles. The Morgan fingerprint density at radius 3 is 2.77 bits per heavy atom. The molecule has 1 rings (SSSR count). The highest BCUT2D eigenvalue weighted by atomic mass is 32.1. The first kappa shape index (κ1) is 10.1. The van der Waals surface area contributed by atoms with E-state index in [1.807, 2.05) is 0 Å². The number of hydrogen-bond acceptors (Lipinski definition) is 5. The van der Waals surface area contributed by atoms with Crippen LogP contribution < -0.4 is 0 Å². The Labute approximate surface area is 78.3 Å². The van der Waals surface area contributed by atoms with Crippen molar-refractivity contribution in [2.24, 2.45) is 0 Å². The summed E-state index contributed by atoms with van der Waals surface area (Å²) in [6.07, 6.45) is -1.52. The van der Waals surface area contributed by atoms with E-state index in [4.69, 9.17) is 5.11 Å². The van der Waals surface area contributed by atoms with Crippen LogP contribution in [-0.4, -0.2) is 32.4 Å². The summed E-state index contributed by atoms with van der Waals surface area (Å²) in [6.45, 7) is 0. The van der Waals surface area contributed by atoms with Crippen molar-refractivity contribution in [1.82, 2.24) is 4.98 Å². The van der Waals surface area contributed by atoms with Crippen LogP contribution in [0.1, 0.15) is 17.5 Å². The molecule has 3 N–H and O–H groups in total. The zero-order valence-electron chi connectivity index (χ0n) is 6.62. The number of aromatic nitrogens is 1. The quantitative estimate of drug-likeness (QED) is 0.641. The first-order chi connectivity index (χ1) is 6.11. The lowest BCUT2D eigenvalue weighted by Crippen LogP contribution is -2.21. The third kappa shape index (κ3) is 2.76. The summed E-state index contributed by atoms with van der Waals surface area (Å²) in [6, 6.07) is 0. The van der Waals surface area contributed by atoms with Crippen LogP contribution in [0.2, 0.25) is 0 Å². The van der Waals surface area contributed by atoms with Crippen LogP contribution in [0.25, 0.3) is 0 Å². The fourth-order valence-electron chi connectivity index (χ4n) is 0.836. The van der Waals surface area contributed by atoms with Gasteiger partial charge in [-0.3, -0.25) is 4.79 Å². The van der Waals surface area contributed by atoms with Crippen LogP contribution in [0, 0.1) is 0 Å². The van der Waals surface area contributed by atoms with E-state index in [-0.39, 0.29) is 0 Å². The van der Waals surface area contributed by atoms with Gasteiger partial charge in [0, 0.05) is 11.6 Å². The van der Waals surface area contributed by atoms with E-state index in [1.165, 1.54) is 17.5 Å². The summed E-state index contributed by atoms with van der Waals surface area (Å²) in [5.74, 6) is -1.15. The van der Waals surface area contributed by atoms with Gasteiger partial charge in [-0.25, -0.2) is 4.98 Å². The summed E-state index contributed by atoms with van der Waals surface area (Å²) in [4.78, 5) is 14.0. The average molecular weight is 203 g/mol. The molecule has 5 nitrogen and oxygen atoms in total. The van der Waals surface area contributed by atoms with Crippen LogP contribution in [0.4, 0.5) is 0 Å². The molecule has 2 atom stereocenters. The SMILES string of the molecule is O=C(O)CC(O)C(O)c1nccs1. The largest absolute Gasteiger partial charge is 0.481 e. The van der Waals surface area contributed by atoms with Crippen molar-refractivity contribution in [3.05, 3.63) is 16.6 Å². The Bertz CT molecular complexity index is 274. The van der Waals surface area contributed by atoms with Gasteiger partial charge < -0.3 is 15.3 Å². The molecule has 1 aromatic heterocycles. The number of rotatable bonds is 4. The predicted molar refractivity (Wildman–Crippen MR) is 45.3 cm³/mol. The highest BCUT2D eigenvalue weighted by Crippen LogP contribution is 2.20. The second kappa shape index (κ2) is 4.31.